The van der Waals surface area contributed by atoms with Gasteiger partial charge in [0.25, 0.3) is 0 Å². The molecule has 2 unspecified atom stereocenters. The Morgan fingerprint density at radius 2 is 0.780 bits per heavy atom. The van der Waals surface area contributed by atoms with Crippen LogP contribution in [0.5, 0.6) is 0 Å². The van der Waals surface area contributed by atoms with Crippen molar-refractivity contribution in [3.05, 3.63) is 181 Å². The summed E-state index contributed by atoms with van der Waals surface area (Å²) in [5.41, 5.74) is 9.84. The molecule has 59 heavy (non-hydrogen) atoms. The molecular weight excluding hydrogens is 721 g/mol. The van der Waals surface area contributed by atoms with Crippen LogP contribution in [0.3, 0.4) is 0 Å². The van der Waals surface area contributed by atoms with Crippen molar-refractivity contribution in [2.75, 3.05) is 0 Å². The van der Waals surface area contributed by atoms with E-state index in [9.17, 15) is 0 Å². The second kappa shape index (κ2) is 13.5. The highest BCUT2D eigenvalue weighted by atomic mass is 15.0. The van der Waals surface area contributed by atoms with Crippen LogP contribution >= 0.6 is 0 Å². The molecule has 7 aromatic carbocycles. The first-order valence-corrected chi connectivity index (χ1v) is 20.6. The van der Waals surface area contributed by atoms with E-state index in [4.69, 9.17) is 29.9 Å². The first kappa shape index (κ1) is 33.9. The van der Waals surface area contributed by atoms with Gasteiger partial charge >= 0.3 is 0 Å². The molecule has 280 valence electrons. The Labute approximate surface area is 342 Å². The molecule has 3 aliphatic rings. The van der Waals surface area contributed by atoms with E-state index in [0.29, 0.717) is 40.4 Å². The summed E-state index contributed by atoms with van der Waals surface area (Å²) in [5, 5.41) is 2.25. The molecule has 0 aliphatic heterocycles. The second-order valence-electron chi connectivity index (χ2n) is 16.5. The highest BCUT2D eigenvalue weighted by Gasteiger charge is 2.71. The number of benzene rings is 7. The van der Waals surface area contributed by atoms with Gasteiger partial charge in [-0.2, -0.15) is 0 Å². The van der Waals surface area contributed by atoms with Gasteiger partial charge in [0.1, 0.15) is 0 Å². The Balaban J connectivity index is 0.869. The predicted octanol–water partition coefficient (Wildman–Crippen LogP) is 12.2. The second-order valence-corrected chi connectivity index (χ2v) is 16.5. The Bertz CT molecular complexity index is 3020. The lowest BCUT2D eigenvalue weighted by atomic mass is 9.28. The first-order chi connectivity index (χ1) is 29.1. The molecule has 12 rings (SSSR count). The van der Waals surface area contributed by atoms with Crippen LogP contribution in [0, 0.1) is 17.8 Å². The fourth-order valence-corrected chi connectivity index (χ4v) is 10.3. The summed E-state index contributed by atoms with van der Waals surface area (Å²) in [5.74, 6) is 6.77. The molecular formula is C53H38N6. The average molecular weight is 759 g/mol. The maximum Gasteiger partial charge on any atom is 0.164 e. The zero-order chi connectivity index (χ0) is 38.9. The molecule has 0 spiro atoms. The van der Waals surface area contributed by atoms with Gasteiger partial charge in [0, 0.05) is 33.4 Å². The molecule has 9 aromatic rings. The van der Waals surface area contributed by atoms with Crippen molar-refractivity contribution < 1.29 is 0 Å². The monoisotopic (exact) mass is 758 g/mol. The summed E-state index contributed by atoms with van der Waals surface area (Å²) in [6, 6.07) is 60.9. The third-order valence-corrected chi connectivity index (χ3v) is 13.2. The Morgan fingerprint density at radius 3 is 1.32 bits per heavy atom. The van der Waals surface area contributed by atoms with Crippen LogP contribution in [0.4, 0.5) is 0 Å². The van der Waals surface area contributed by atoms with Crippen LogP contribution < -0.4 is 0 Å². The molecule has 6 heteroatoms. The van der Waals surface area contributed by atoms with E-state index < -0.39 is 0 Å². The number of hydrogen-bond donors (Lipinski definition) is 0. The summed E-state index contributed by atoms with van der Waals surface area (Å²) < 4.78 is 0. The lowest BCUT2D eigenvalue weighted by Crippen LogP contribution is -2.71. The standard InChI is InChI=1S/C53H38N6/c1-3-12-36(13-4-1)47-54-49(57-51(56-47)40-17-9-18-43(30-40)53-31-41-29-42(32-53)46(41)53)38-25-21-33(22-26-38)34-23-27-39(28-24-34)50-55-48(37-14-5-2-6-15-37)58-52(59-50)45-20-10-16-35-11-7-8-19-44(35)45/h1-28,30,41-42,46H,29,31-32H2. The SMILES string of the molecule is c1ccc(-c2nc(-c3ccc(-c4ccc(-c5nc(-c6ccccc6)nc(-c6cccc7ccccc67)n5)cc4)cc3)nc(-c3cccc(C45CC6CC(C4)C65)c3)n2)cc1. The molecule has 6 nitrogen and oxygen atoms in total. The number of fused-ring (bicyclic) bond motifs is 1. The molecule has 0 amide bonds. The summed E-state index contributed by atoms with van der Waals surface area (Å²) >= 11 is 0. The van der Waals surface area contributed by atoms with E-state index in [1.807, 2.05) is 48.5 Å². The van der Waals surface area contributed by atoms with E-state index >= 15 is 0 Å². The average Bonchev–Trinajstić information content (AvgIpc) is 3.31. The van der Waals surface area contributed by atoms with Crippen LogP contribution in [0.25, 0.3) is 90.2 Å². The van der Waals surface area contributed by atoms with Crippen molar-refractivity contribution in [3.63, 3.8) is 0 Å². The van der Waals surface area contributed by atoms with Gasteiger partial charge < -0.3 is 0 Å². The number of nitrogens with zero attached hydrogens (tertiary/aromatic N) is 6. The van der Waals surface area contributed by atoms with Gasteiger partial charge in [-0.3, -0.25) is 0 Å². The van der Waals surface area contributed by atoms with E-state index in [0.717, 1.165) is 73.0 Å². The number of rotatable bonds is 8. The van der Waals surface area contributed by atoms with Gasteiger partial charge in [0.2, 0.25) is 0 Å². The zero-order valence-corrected chi connectivity index (χ0v) is 32.3. The predicted molar refractivity (Wildman–Crippen MR) is 235 cm³/mol. The Morgan fingerprint density at radius 1 is 0.356 bits per heavy atom. The minimum Gasteiger partial charge on any atom is -0.208 e. The Kier molecular flexibility index (Phi) is 7.73. The van der Waals surface area contributed by atoms with Crippen molar-refractivity contribution in [1.29, 1.82) is 0 Å². The van der Waals surface area contributed by atoms with Gasteiger partial charge in [-0.1, -0.05) is 170 Å². The van der Waals surface area contributed by atoms with Gasteiger partial charge in [0.15, 0.2) is 34.9 Å². The topological polar surface area (TPSA) is 77.3 Å². The van der Waals surface area contributed by atoms with Crippen LogP contribution in [0.2, 0.25) is 0 Å². The zero-order valence-electron chi connectivity index (χ0n) is 32.3. The van der Waals surface area contributed by atoms with Gasteiger partial charge in [-0.25, -0.2) is 29.9 Å². The van der Waals surface area contributed by atoms with E-state index in [2.05, 4.69) is 127 Å². The summed E-state index contributed by atoms with van der Waals surface area (Å²) in [6.45, 7) is 0. The lowest BCUT2D eigenvalue weighted by molar-refractivity contribution is -0.219. The van der Waals surface area contributed by atoms with Crippen LogP contribution in [-0.2, 0) is 5.41 Å². The van der Waals surface area contributed by atoms with E-state index in [-0.39, 0.29) is 0 Å². The molecule has 2 atom stereocenters. The molecule has 0 N–H and O–H groups in total. The maximum atomic E-state index is 5.11. The third-order valence-electron chi connectivity index (χ3n) is 13.2. The molecule has 0 saturated heterocycles. The van der Waals surface area contributed by atoms with Crippen LogP contribution in [0.15, 0.2) is 176 Å². The van der Waals surface area contributed by atoms with Crippen LogP contribution in [-0.4, -0.2) is 29.9 Å². The summed E-state index contributed by atoms with van der Waals surface area (Å²) in [4.78, 5) is 30.2. The maximum absolute atomic E-state index is 5.11. The highest BCUT2D eigenvalue weighted by molar-refractivity contribution is 5.95. The molecule has 0 radical (unpaired) electrons. The molecule has 3 aliphatic carbocycles. The summed E-state index contributed by atoms with van der Waals surface area (Å²) in [7, 11) is 0. The van der Waals surface area contributed by atoms with Crippen molar-refractivity contribution in [2.24, 2.45) is 17.8 Å². The molecule has 2 aromatic heterocycles. The number of hydrogen-bond acceptors (Lipinski definition) is 6. The van der Waals surface area contributed by atoms with Crippen molar-refractivity contribution in [3.8, 4) is 79.5 Å². The third kappa shape index (κ3) is 5.70. The van der Waals surface area contributed by atoms with Crippen molar-refractivity contribution in [2.45, 2.75) is 24.7 Å². The Hall–Kier alpha value is -7.18. The minimum absolute atomic E-state index is 0.382. The van der Waals surface area contributed by atoms with Gasteiger partial charge in [-0.15, -0.1) is 0 Å². The molecule has 3 fully saturated rings. The molecule has 2 heterocycles. The smallest absolute Gasteiger partial charge is 0.164 e. The fourth-order valence-electron chi connectivity index (χ4n) is 10.3. The quantitative estimate of drug-likeness (QED) is 0.154. The van der Waals surface area contributed by atoms with E-state index in [1.165, 1.54) is 24.8 Å². The normalized spacial score (nSPS) is 19.9. The highest BCUT2D eigenvalue weighted by Crippen LogP contribution is 2.77. The molecule has 0 bridgehead atoms. The largest absolute Gasteiger partial charge is 0.208 e. The van der Waals surface area contributed by atoms with Crippen molar-refractivity contribution in [1.82, 2.24) is 29.9 Å². The lowest BCUT2D eigenvalue weighted by Gasteiger charge is -2.76. The van der Waals surface area contributed by atoms with Crippen LogP contribution in [0.1, 0.15) is 24.8 Å². The van der Waals surface area contributed by atoms with Gasteiger partial charge in [-0.05, 0) is 76.0 Å². The fraction of sp³-hybridized carbons (Fsp3) is 0.132. The molecule has 3 saturated carbocycles. The summed E-state index contributed by atoms with van der Waals surface area (Å²) in [6.07, 6.45) is 4.12. The van der Waals surface area contributed by atoms with Gasteiger partial charge in [0.05, 0.1) is 0 Å². The van der Waals surface area contributed by atoms with Crippen molar-refractivity contribution >= 4 is 10.8 Å². The van der Waals surface area contributed by atoms with E-state index in [1.54, 1.807) is 0 Å². The first-order valence-electron chi connectivity index (χ1n) is 20.6. The minimum atomic E-state index is 0.382. The number of aromatic nitrogens is 6.